The Bertz CT molecular complexity index is 918. The lowest BCUT2D eigenvalue weighted by Gasteiger charge is -2.34. The molecule has 3 rings (SSSR count). The Balaban J connectivity index is 2.11. The molecule has 1 aromatic carbocycles. The van der Waals surface area contributed by atoms with Gasteiger partial charge in [0.05, 0.1) is 23.9 Å². The highest BCUT2D eigenvalue weighted by Crippen LogP contribution is 2.35. The van der Waals surface area contributed by atoms with Crippen LogP contribution in [-0.2, 0) is 9.53 Å². The summed E-state index contributed by atoms with van der Waals surface area (Å²) in [4.78, 5) is 36.8. The van der Waals surface area contributed by atoms with Crippen molar-refractivity contribution in [2.75, 3.05) is 11.5 Å². The number of rotatable bonds is 5. The second-order valence-electron chi connectivity index (χ2n) is 5.71. The normalized spacial score (nSPS) is 16.9. The summed E-state index contributed by atoms with van der Waals surface area (Å²) < 4.78 is 10.3. The van der Waals surface area contributed by atoms with Crippen molar-refractivity contribution in [2.24, 2.45) is 0 Å². The number of hydrogen-bond donors (Lipinski definition) is 1. The molecule has 140 valence electrons. The molecule has 2 aromatic rings. The highest BCUT2D eigenvalue weighted by molar-refractivity contribution is 6.03. The molecule has 9 heteroatoms. The lowest BCUT2D eigenvalue weighted by molar-refractivity contribution is -0.402. The van der Waals surface area contributed by atoms with Crippen LogP contribution in [0.15, 0.2) is 58.2 Å². The Morgan fingerprint density at radius 1 is 1.30 bits per heavy atom. The van der Waals surface area contributed by atoms with Gasteiger partial charge in [-0.15, -0.1) is 0 Å². The van der Waals surface area contributed by atoms with Gasteiger partial charge in [0.2, 0.25) is 0 Å². The second kappa shape index (κ2) is 7.32. The van der Waals surface area contributed by atoms with E-state index in [2.05, 4.69) is 5.32 Å². The van der Waals surface area contributed by atoms with Crippen molar-refractivity contribution in [3.8, 4) is 0 Å². The molecule has 1 aromatic heterocycles. The van der Waals surface area contributed by atoms with Crippen molar-refractivity contribution in [3.63, 3.8) is 0 Å². The molecule has 1 aliphatic rings. The molecular formula is C18H17N3O6. The monoisotopic (exact) mass is 371 g/mol. The third kappa shape index (κ3) is 3.39. The minimum Gasteiger partial charge on any atom is -0.463 e. The first-order valence-corrected chi connectivity index (χ1v) is 8.21. The van der Waals surface area contributed by atoms with Crippen LogP contribution in [0, 0.1) is 10.1 Å². The van der Waals surface area contributed by atoms with Gasteiger partial charge in [-0.3, -0.25) is 15.0 Å². The molecule has 0 fully saturated rings. The number of nitrogens with one attached hydrogen (secondary N) is 1. The third-order valence-electron chi connectivity index (χ3n) is 4.07. The molecule has 1 aliphatic heterocycles. The van der Waals surface area contributed by atoms with E-state index in [-0.39, 0.29) is 17.9 Å². The maximum Gasteiger partial charge on any atom is 0.433 e. The summed E-state index contributed by atoms with van der Waals surface area (Å²) in [6.45, 7) is 3.42. The predicted molar refractivity (Wildman–Crippen MR) is 94.9 cm³/mol. The topological polar surface area (TPSA) is 115 Å². The molecule has 2 heterocycles. The molecule has 1 N–H and O–H groups in total. The quantitative estimate of drug-likeness (QED) is 0.490. The minimum atomic E-state index is -0.995. The van der Waals surface area contributed by atoms with Crippen LogP contribution in [0.1, 0.15) is 25.6 Å². The number of hydrogen-bond acceptors (Lipinski definition) is 6. The van der Waals surface area contributed by atoms with Gasteiger partial charge in [-0.25, -0.2) is 9.59 Å². The van der Waals surface area contributed by atoms with Crippen LogP contribution < -0.4 is 10.2 Å². The first kappa shape index (κ1) is 18.2. The van der Waals surface area contributed by atoms with Crippen LogP contribution in [0.4, 0.5) is 16.4 Å². The first-order chi connectivity index (χ1) is 12.9. The average Bonchev–Trinajstić information content (AvgIpc) is 3.12. The van der Waals surface area contributed by atoms with Crippen molar-refractivity contribution in [2.45, 2.75) is 19.9 Å². The fourth-order valence-electron chi connectivity index (χ4n) is 2.91. The summed E-state index contributed by atoms with van der Waals surface area (Å²) in [6, 6.07) is 9.83. The second-order valence-corrected chi connectivity index (χ2v) is 5.71. The van der Waals surface area contributed by atoms with Gasteiger partial charge in [-0.2, -0.15) is 0 Å². The van der Waals surface area contributed by atoms with E-state index < -0.39 is 28.8 Å². The van der Waals surface area contributed by atoms with Gasteiger partial charge < -0.3 is 14.5 Å². The van der Waals surface area contributed by atoms with Gasteiger partial charge in [0.25, 0.3) is 0 Å². The van der Waals surface area contributed by atoms with Gasteiger partial charge in [-0.1, -0.05) is 18.2 Å². The maximum absolute atomic E-state index is 12.7. The Hall–Kier alpha value is -3.62. The SMILES string of the molecule is CCOC(=O)C1=C(C)N(c2ccccc2)C(=O)N[C@H]1c1ccc([N+](=O)[O-])o1. The van der Waals surface area contributed by atoms with E-state index in [1.54, 1.807) is 44.2 Å². The van der Waals surface area contributed by atoms with Crippen molar-refractivity contribution in [3.05, 3.63) is 69.6 Å². The van der Waals surface area contributed by atoms with Crippen molar-refractivity contribution in [1.29, 1.82) is 0 Å². The number of carbonyl (C=O) groups excluding carboxylic acids is 2. The predicted octanol–water partition coefficient (Wildman–Crippen LogP) is 3.30. The summed E-state index contributed by atoms with van der Waals surface area (Å²) in [5.74, 6) is -1.05. The highest BCUT2D eigenvalue weighted by Gasteiger charge is 2.39. The molecule has 27 heavy (non-hydrogen) atoms. The number of para-hydroxylation sites is 1. The molecule has 2 amide bonds. The fraction of sp³-hybridized carbons (Fsp3) is 0.222. The molecular weight excluding hydrogens is 354 g/mol. The summed E-state index contributed by atoms with van der Waals surface area (Å²) >= 11 is 0. The number of furan rings is 1. The number of carbonyl (C=O) groups is 2. The lowest BCUT2D eigenvalue weighted by atomic mass is 9.99. The molecule has 0 saturated carbocycles. The van der Waals surface area contributed by atoms with Gasteiger partial charge in [0.1, 0.15) is 16.7 Å². The molecule has 0 spiro atoms. The number of amides is 2. The number of anilines is 1. The van der Waals surface area contributed by atoms with Crippen LogP contribution >= 0.6 is 0 Å². The van der Waals surface area contributed by atoms with Crippen molar-refractivity contribution < 1.29 is 23.7 Å². The van der Waals surface area contributed by atoms with E-state index in [0.29, 0.717) is 11.4 Å². The van der Waals surface area contributed by atoms with Gasteiger partial charge >= 0.3 is 17.9 Å². The van der Waals surface area contributed by atoms with Crippen LogP contribution in [0.25, 0.3) is 0 Å². The number of urea groups is 1. The smallest absolute Gasteiger partial charge is 0.433 e. The van der Waals surface area contributed by atoms with E-state index in [4.69, 9.17) is 9.15 Å². The molecule has 9 nitrogen and oxygen atoms in total. The van der Waals surface area contributed by atoms with Gasteiger partial charge in [0, 0.05) is 5.70 Å². The average molecular weight is 371 g/mol. The van der Waals surface area contributed by atoms with Crippen LogP contribution in [-0.4, -0.2) is 23.5 Å². The summed E-state index contributed by atoms with van der Waals surface area (Å²) in [5.41, 5.74) is 1.06. The summed E-state index contributed by atoms with van der Waals surface area (Å²) in [6.07, 6.45) is 0. The largest absolute Gasteiger partial charge is 0.463 e. The zero-order chi connectivity index (χ0) is 19.6. The fourth-order valence-corrected chi connectivity index (χ4v) is 2.91. The third-order valence-corrected chi connectivity index (χ3v) is 4.07. The van der Waals surface area contributed by atoms with Crippen LogP contribution in [0.2, 0.25) is 0 Å². The number of nitro groups is 1. The Morgan fingerprint density at radius 3 is 2.59 bits per heavy atom. The first-order valence-electron chi connectivity index (χ1n) is 8.21. The van der Waals surface area contributed by atoms with E-state index in [1.165, 1.54) is 17.0 Å². The number of allylic oxidation sites excluding steroid dienone is 1. The Kier molecular flexibility index (Phi) is 4.93. The summed E-state index contributed by atoms with van der Waals surface area (Å²) in [5, 5.41) is 13.6. The number of esters is 1. The molecule has 0 unspecified atom stereocenters. The van der Waals surface area contributed by atoms with Crippen molar-refractivity contribution in [1.82, 2.24) is 5.32 Å². The van der Waals surface area contributed by atoms with Gasteiger partial charge in [0.15, 0.2) is 0 Å². The zero-order valence-corrected chi connectivity index (χ0v) is 14.7. The number of benzene rings is 1. The highest BCUT2D eigenvalue weighted by atomic mass is 16.6. The Labute approximate surface area is 154 Å². The minimum absolute atomic E-state index is 0.0742. The molecule has 0 radical (unpaired) electrons. The molecule has 0 aliphatic carbocycles. The molecule has 0 saturated heterocycles. The number of ether oxygens (including phenoxy) is 1. The lowest BCUT2D eigenvalue weighted by Crippen LogP contribution is -2.48. The van der Waals surface area contributed by atoms with E-state index in [0.717, 1.165) is 0 Å². The van der Waals surface area contributed by atoms with Gasteiger partial charge in [-0.05, 0) is 32.0 Å². The Morgan fingerprint density at radius 2 is 2.00 bits per heavy atom. The van der Waals surface area contributed by atoms with Crippen LogP contribution in [0.5, 0.6) is 0 Å². The van der Waals surface area contributed by atoms with E-state index >= 15 is 0 Å². The standard InChI is InChI=1S/C18H17N3O6/c1-3-26-17(22)15-11(2)20(12-7-5-4-6-8-12)18(23)19-16(15)13-9-10-14(27-13)21(24)25/h4-10,16H,3H2,1-2H3,(H,19,23)/t16-/m0/s1. The maximum atomic E-state index is 12.7. The van der Waals surface area contributed by atoms with E-state index in [1.807, 2.05) is 0 Å². The summed E-state index contributed by atoms with van der Waals surface area (Å²) in [7, 11) is 0. The van der Waals surface area contributed by atoms with Crippen LogP contribution in [0.3, 0.4) is 0 Å². The van der Waals surface area contributed by atoms with E-state index in [9.17, 15) is 19.7 Å². The molecule has 1 atom stereocenters. The molecule has 0 bridgehead atoms. The zero-order valence-electron chi connectivity index (χ0n) is 14.7. The number of nitrogens with zero attached hydrogens (tertiary/aromatic N) is 2. The van der Waals surface area contributed by atoms with Crippen molar-refractivity contribution >= 4 is 23.6 Å².